The van der Waals surface area contributed by atoms with Gasteiger partial charge in [-0.25, -0.2) is 0 Å². The first-order valence-corrected chi connectivity index (χ1v) is 13.9. The predicted octanol–water partition coefficient (Wildman–Crippen LogP) is 7.51. The highest BCUT2D eigenvalue weighted by Crippen LogP contribution is 2.25. The Hall–Kier alpha value is -1.33. The van der Waals surface area contributed by atoms with Crippen LogP contribution in [0.25, 0.3) is 0 Å². The van der Waals surface area contributed by atoms with Gasteiger partial charge in [0.15, 0.2) is 0 Å². The van der Waals surface area contributed by atoms with Crippen LogP contribution in [-0.4, -0.2) is 39.6 Å². The lowest BCUT2D eigenvalue weighted by molar-refractivity contribution is -0.141. The van der Waals surface area contributed by atoms with Crippen molar-refractivity contribution in [3.63, 3.8) is 0 Å². The van der Waals surface area contributed by atoms with Gasteiger partial charge in [-0.2, -0.15) is 0 Å². The summed E-state index contributed by atoms with van der Waals surface area (Å²) in [7, 11) is 0. The lowest BCUT2D eigenvalue weighted by Crippen LogP contribution is -2.24. The second kappa shape index (κ2) is 18.0. The van der Waals surface area contributed by atoms with Crippen molar-refractivity contribution in [2.75, 3.05) is 6.61 Å². The summed E-state index contributed by atoms with van der Waals surface area (Å²) in [6, 6.07) is 0. The Morgan fingerprint density at radius 3 is 2.20 bits per heavy atom. The molecule has 0 spiro atoms. The molecule has 0 heterocycles. The molecule has 3 N–H and O–H groups in total. The summed E-state index contributed by atoms with van der Waals surface area (Å²) in [5, 5.41) is 30.0. The monoisotopic (exact) mass is 496 g/mol. The van der Waals surface area contributed by atoms with E-state index in [9.17, 15) is 15.0 Å². The van der Waals surface area contributed by atoms with Gasteiger partial charge in [-0.3, -0.25) is 4.79 Å². The lowest BCUT2D eigenvalue weighted by atomic mass is 9.90. The molecule has 5 nitrogen and oxygen atoms in total. The third-order valence-electron chi connectivity index (χ3n) is 7.37. The summed E-state index contributed by atoms with van der Waals surface area (Å²) in [5.41, 5.74) is 0.646. The van der Waals surface area contributed by atoms with Gasteiger partial charge in [0.1, 0.15) is 0 Å². The number of hydrogen-bond donors (Lipinski definition) is 3. The maximum Gasteiger partial charge on any atom is 0.306 e. The molecular formula is C30H56O5. The molecule has 0 aliphatic rings. The van der Waals surface area contributed by atoms with Crippen LogP contribution >= 0.6 is 0 Å². The Bertz CT molecular complexity index is 635. The van der Waals surface area contributed by atoms with Gasteiger partial charge in [0.2, 0.25) is 0 Å². The Kier molecular flexibility index (Phi) is 17.3. The number of carboxylic acids is 1. The smallest absolute Gasteiger partial charge is 0.306 e. The number of rotatable bonds is 20. The van der Waals surface area contributed by atoms with Crippen molar-refractivity contribution in [1.82, 2.24) is 0 Å². The molecular weight excluding hydrogens is 440 g/mol. The highest BCUT2D eigenvalue weighted by Gasteiger charge is 2.21. The molecule has 5 unspecified atom stereocenters. The Morgan fingerprint density at radius 2 is 1.63 bits per heavy atom. The number of carboxylic acid groups (broad SMARTS) is 1. The number of aliphatic carboxylic acids is 1. The maximum atomic E-state index is 10.9. The van der Waals surface area contributed by atoms with Crippen LogP contribution in [-0.2, 0) is 9.53 Å². The summed E-state index contributed by atoms with van der Waals surface area (Å²) in [6.45, 7) is 17.0. The topological polar surface area (TPSA) is 87.0 Å². The van der Waals surface area contributed by atoms with Crippen LogP contribution in [0, 0.1) is 23.7 Å². The molecule has 0 aliphatic heterocycles. The van der Waals surface area contributed by atoms with Gasteiger partial charge >= 0.3 is 5.97 Å². The summed E-state index contributed by atoms with van der Waals surface area (Å²) in [4.78, 5) is 10.9. The molecule has 5 atom stereocenters. The molecule has 0 bridgehead atoms. The SMILES string of the molecule is CCO/C(=C\C(O)C(C)C(C)C)CCC(C)CC/C=C(\C)CCCC(C)(O)CCCC(C)C(=O)O. The number of ether oxygens (including phenoxy) is 1. The van der Waals surface area contributed by atoms with Crippen molar-refractivity contribution < 1.29 is 24.9 Å². The van der Waals surface area contributed by atoms with E-state index in [2.05, 4.69) is 40.7 Å². The predicted molar refractivity (Wildman–Crippen MR) is 146 cm³/mol. The van der Waals surface area contributed by atoms with Crippen molar-refractivity contribution in [2.45, 2.75) is 131 Å². The van der Waals surface area contributed by atoms with E-state index in [1.165, 1.54) is 5.57 Å². The molecule has 206 valence electrons. The van der Waals surface area contributed by atoms with E-state index in [1.54, 1.807) is 6.92 Å². The fourth-order valence-corrected chi connectivity index (χ4v) is 4.16. The summed E-state index contributed by atoms with van der Waals surface area (Å²) in [6.07, 6.45) is 12.5. The Balaban J connectivity index is 4.33. The Morgan fingerprint density at radius 1 is 1.00 bits per heavy atom. The van der Waals surface area contributed by atoms with Crippen LogP contribution in [0.3, 0.4) is 0 Å². The van der Waals surface area contributed by atoms with Crippen molar-refractivity contribution in [3.05, 3.63) is 23.5 Å². The summed E-state index contributed by atoms with van der Waals surface area (Å²) >= 11 is 0. The molecule has 0 aromatic carbocycles. The van der Waals surface area contributed by atoms with Crippen LogP contribution in [0.4, 0.5) is 0 Å². The van der Waals surface area contributed by atoms with Gasteiger partial charge in [-0.05, 0) is 102 Å². The average molecular weight is 497 g/mol. The van der Waals surface area contributed by atoms with Crippen LogP contribution < -0.4 is 0 Å². The molecule has 0 saturated carbocycles. The number of aliphatic hydroxyl groups is 2. The van der Waals surface area contributed by atoms with E-state index >= 15 is 0 Å². The molecule has 0 aliphatic carbocycles. The van der Waals surface area contributed by atoms with Crippen LogP contribution in [0.2, 0.25) is 0 Å². The first-order chi connectivity index (χ1) is 16.3. The van der Waals surface area contributed by atoms with Crippen molar-refractivity contribution in [3.8, 4) is 0 Å². The highest BCUT2D eigenvalue weighted by molar-refractivity contribution is 5.69. The second-order valence-electron chi connectivity index (χ2n) is 11.4. The van der Waals surface area contributed by atoms with E-state index in [-0.39, 0.29) is 11.8 Å². The van der Waals surface area contributed by atoms with Crippen molar-refractivity contribution in [1.29, 1.82) is 0 Å². The molecule has 35 heavy (non-hydrogen) atoms. The summed E-state index contributed by atoms with van der Waals surface area (Å²) < 4.78 is 5.80. The van der Waals surface area contributed by atoms with Gasteiger partial charge in [-0.15, -0.1) is 0 Å². The average Bonchev–Trinajstić information content (AvgIpc) is 2.76. The molecule has 0 rings (SSSR count). The molecule has 0 saturated heterocycles. The van der Waals surface area contributed by atoms with Gasteiger partial charge in [0.25, 0.3) is 0 Å². The molecule has 0 amide bonds. The van der Waals surface area contributed by atoms with Gasteiger partial charge in [0.05, 0.1) is 30.0 Å². The quantitative estimate of drug-likeness (QED) is 0.120. The van der Waals surface area contributed by atoms with E-state index in [0.717, 1.165) is 57.1 Å². The largest absolute Gasteiger partial charge is 0.498 e. The molecule has 0 fully saturated rings. The van der Waals surface area contributed by atoms with E-state index in [1.807, 2.05) is 19.9 Å². The molecule has 0 radical (unpaired) electrons. The normalized spacial score (nSPS) is 18.1. The highest BCUT2D eigenvalue weighted by atomic mass is 16.5. The number of hydrogen-bond acceptors (Lipinski definition) is 4. The summed E-state index contributed by atoms with van der Waals surface area (Å²) in [5.74, 6) is 1.02. The fraction of sp³-hybridized carbons (Fsp3) is 0.833. The number of aliphatic hydroxyl groups excluding tert-OH is 1. The minimum atomic E-state index is -0.763. The minimum absolute atomic E-state index is 0.209. The zero-order valence-electron chi connectivity index (χ0n) is 24.0. The van der Waals surface area contributed by atoms with E-state index < -0.39 is 17.7 Å². The minimum Gasteiger partial charge on any atom is -0.498 e. The fourth-order valence-electron chi connectivity index (χ4n) is 4.16. The van der Waals surface area contributed by atoms with Crippen LogP contribution in [0.1, 0.15) is 120 Å². The number of allylic oxidation sites excluding steroid dienone is 3. The van der Waals surface area contributed by atoms with Crippen molar-refractivity contribution >= 4 is 5.97 Å². The molecule has 0 aromatic heterocycles. The molecule has 5 heteroatoms. The number of carbonyl (C=O) groups is 1. The zero-order chi connectivity index (χ0) is 27.0. The Labute approximate surface area is 216 Å². The lowest BCUT2D eigenvalue weighted by Gasteiger charge is -2.23. The van der Waals surface area contributed by atoms with E-state index in [0.29, 0.717) is 31.3 Å². The van der Waals surface area contributed by atoms with Gasteiger partial charge < -0.3 is 20.1 Å². The van der Waals surface area contributed by atoms with Gasteiger partial charge in [0, 0.05) is 6.42 Å². The van der Waals surface area contributed by atoms with Crippen LogP contribution in [0.15, 0.2) is 23.5 Å². The maximum absolute atomic E-state index is 10.9. The standard InChI is InChI=1S/C30H56O5/c1-9-35-27(21-28(31)26(7)22(2)3)18-17-24(5)14-10-13-23(4)15-11-19-30(8,34)20-12-16-25(6)29(32)33/h13,21-22,24-26,28,31,34H,9-12,14-20H2,1-8H3,(H,32,33)/b23-13+,27-21-. The van der Waals surface area contributed by atoms with E-state index in [4.69, 9.17) is 9.84 Å². The van der Waals surface area contributed by atoms with Crippen LogP contribution in [0.5, 0.6) is 0 Å². The molecule has 0 aromatic rings. The first kappa shape index (κ1) is 33.7. The van der Waals surface area contributed by atoms with Gasteiger partial charge in [-0.1, -0.05) is 46.3 Å². The third-order valence-corrected chi connectivity index (χ3v) is 7.37. The zero-order valence-corrected chi connectivity index (χ0v) is 24.0. The first-order valence-electron chi connectivity index (χ1n) is 13.9. The van der Waals surface area contributed by atoms with Crippen molar-refractivity contribution in [2.24, 2.45) is 23.7 Å². The second-order valence-corrected chi connectivity index (χ2v) is 11.4. The third kappa shape index (κ3) is 16.9.